The van der Waals surface area contributed by atoms with Crippen LogP contribution in [0, 0.1) is 0 Å². The molecule has 32 heavy (non-hydrogen) atoms. The Hall–Kier alpha value is -2.32. The van der Waals surface area contributed by atoms with E-state index in [4.69, 9.17) is 5.11 Å². The quantitative estimate of drug-likeness (QED) is 0.348. The molecule has 5 nitrogen and oxygen atoms in total. The minimum atomic E-state index is -3.42. The van der Waals surface area contributed by atoms with E-state index in [1.54, 1.807) is 29.2 Å². The van der Waals surface area contributed by atoms with Crippen molar-refractivity contribution in [3.05, 3.63) is 47.4 Å². The standard InChI is InChI=1S/C24H29F2NO4S/c25-24(26,21-16-17-8-4-5-10-19(17)32-21)20(28)14-13-18-9-7-11-22(29)27(18)15-6-2-1-3-12-23(30)31/h4-5,8,10,13-14,16,18,20,28H,1-3,6-7,9,11-12,15H2,(H,30,31)/t18-,20-/m1/s1. The van der Waals surface area contributed by atoms with Gasteiger partial charge in [0.05, 0.1) is 10.9 Å². The monoisotopic (exact) mass is 465 g/mol. The van der Waals surface area contributed by atoms with Gasteiger partial charge >= 0.3 is 11.9 Å². The molecule has 1 aliphatic heterocycles. The van der Waals surface area contributed by atoms with Gasteiger partial charge in [0, 0.05) is 24.1 Å². The second-order valence-electron chi connectivity index (χ2n) is 8.21. The number of piperidine rings is 1. The summed E-state index contributed by atoms with van der Waals surface area (Å²) in [6.45, 7) is 0.504. The Bertz CT molecular complexity index is 925. The van der Waals surface area contributed by atoms with E-state index in [9.17, 15) is 23.5 Å². The fourth-order valence-corrected chi connectivity index (χ4v) is 5.07. The maximum absolute atomic E-state index is 14.9. The van der Waals surface area contributed by atoms with Gasteiger partial charge < -0.3 is 15.1 Å². The van der Waals surface area contributed by atoms with Crippen molar-refractivity contribution in [2.24, 2.45) is 0 Å². The first-order valence-corrected chi connectivity index (χ1v) is 11.8. The van der Waals surface area contributed by atoms with E-state index in [1.807, 2.05) is 0 Å². The van der Waals surface area contributed by atoms with E-state index in [-0.39, 0.29) is 23.2 Å². The number of aliphatic hydroxyl groups excluding tert-OH is 1. The van der Waals surface area contributed by atoms with Gasteiger partial charge in [-0.05, 0) is 43.2 Å². The van der Waals surface area contributed by atoms with Crippen LogP contribution in [0.1, 0.15) is 56.2 Å². The molecule has 1 aromatic heterocycles. The summed E-state index contributed by atoms with van der Waals surface area (Å²) in [5.41, 5.74) is 0. The number of fused-ring (bicyclic) bond motifs is 1. The number of aliphatic hydroxyl groups is 1. The maximum Gasteiger partial charge on any atom is 0.311 e. The fraction of sp³-hybridized carbons (Fsp3) is 0.500. The van der Waals surface area contributed by atoms with Crippen LogP contribution in [0.4, 0.5) is 8.78 Å². The van der Waals surface area contributed by atoms with E-state index in [0.717, 1.165) is 46.8 Å². The number of carboxylic acid groups (broad SMARTS) is 1. The lowest BCUT2D eigenvalue weighted by Gasteiger charge is -2.34. The van der Waals surface area contributed by atoms with Gasteiger partial charge in [-0.2, -0.15) is 8.78 Å². The van der Waals surface area contributed by atoms with Crippen molar-refractivity contribution in [3.63, 3.8) is 0 Å². The molecule has 8 heteroatoms. The predicted octanol–water partition coefficient (Wildman–Crippen LogP) is 5.33. The average molecular weight is 466 g/mol. The molecule has 3 rings (SSSR count). The predicted molar refractivity (Wildman–Crippen MR) is 121 cm³/mol. The van der Waals surface area contributed by atoms with Gasteiger partial charge in [0.1, 0.15) is 6.10 Å². The molecule has 0 saturated carbocycles. The zero-order chi connectivity index (χ0) is 23.1. The van der Waals surface area contributed by atoms with E-state index >= 15 is 0 Å². The van der Waals surface area contributed by atoms with Crippen LogP contribution in [-0.2, 0) is 15.5 Å². The van der Waals surface area contributed by atoms with Crippen molar-refractivity contribution in [2.45, 2.75) is 69.4 Å². The largest absolute Gasteiger partial charge is 0.481 e. The zero-order valence-corrected chi connectivity index (χ0v) is 18.7. The normalized spacial score (nSPS) is 18.5. The van der Waals surface area contributed by atoms with Gasteiger partial charge in [0.15, 0.2) is 0 Å². The molecular formula is C24H29F2NO4S. The summed E-state index contributed by atoms with van der Waals surface area (Å²) in [7, 11) is 0. The van der Waals surface area contributed by atoms with Gasteiger partial charge in [0.2, 0.25) is 5.91 Å². The number of carboxylic acids is 1. The second-order valence-corrected chi connectivity index (χ2v) is 9.29. The number of rotatable bonds is 11. The third-order valence-electron chi connectivity index (χ3n) is 5.79. The van der Waals surface area contributed by atoms with Gasteiger partial charge in [-0.3, -0.25) is 9.59 Å². The van der Waals surface area contributed by atoms with Crippen LogP contribution in [0.25, 0.3) is 10.1 Å². The summed E-state index contributed by atoms with van der Waals surface area (Å²) < 4.78 is 30.5. The van der Waals surface area contributed by atoms with E-state index in [1.165, 1.54) is 12.1 Å². The van der Waals surface area contributed by atoms with Crippen molar-refractivity contribution in [3.8, 4) is 0 Å². The van der Waals surface area contributed by atoms with Crippen LogP contribution in [0.5, 0.6) is 0 Å². The molecule has 1 aliphatic rings. The number of carbonyl (C=O) groups excluding carboxylic acids is 1. The summed E-state index contributed by atoms with van der Waals surface area (Å²) in [6.07, 6.45) is 5.51. The molecule has 1 aromatic carbocycles. The molecule has 2 aromatic rings. The molecule has 0 aliphatic carbocycles. The first kappa shape index (κ1) is 24.3. The molecule has 1 fully saturated rings. The van der Waals surface area contributed by atoms with Crippen molar-refractivity contribution in [1.82, 2.24) is 4.90 Å². The van der Waals surface area contributed by atoms with Crippen molar-refractivity contribution < 1.29 is 28.6 Å². The van der Waals surface area contributed by atoms with Crippen LogP contribution >= 0.6 is 11.3 Å². The lowest BCUT2D eigenvalue weighted by molar-refractivity contribution is -0.137. The van der Waals surface area contributed by atoms with E-state index in [0.29, 0.717) is 32.2 Å². The SMILES string of the molecule is O=C(O)CCCCCCN1C(=O)CCC[C@@H]1C=C[C@@H](O)C(F)(F)c1cc2ccccc2s1. The summed E-state index contributed by atoms with van der Waals surface area (Å²) in [5, 5.41) is 19.7. The van der Waals surface area contributed by atoms with Crippen LogP contribution in [-0.4, -0.2) is 45.7 Å². The number of carbonyl (C=O) groups is 2. The minimum absolute atomic E-state index is 0.0119. The summed E-state index contributed by atoms with van der Waals surface area (Å²) in [4.78, 5) is 24.5. The number of aliphatic carboxylic acids is 1. The topological polar surface area (TPSA) is 77.8 Å². The molecule has 174 valence electrons. The molecule has 0 unspecified atom stereocenters. The molecule has 0 bridgehead atoms. The molecule has 2 heterocycles. The molecule has 0 spiro atoms. The number of alkyl halides is 2. The van der Waals surface area contributed by atoms with Crippen LogP contribution in [0.3, 0.4) is 0 Å². The smallest absolute Gasteiger partial charge is 0.311 e. The van der Waals surface area contributed by atoms with Gasteiger partial charge in [-0.25, -0.2) is 0 Å². The Morgan fingerprint density at radius 1 is 1.25 bits per heavy atom. The Balaban J connectivity index is 1.60. The number of thiophene rings is 1. The van der Waals surface area contributed by atoms with Crippen molar-refractivity contribution in [2.75, 3.05) is 6.54 Å². The van der Waals surface area contributed by atoms with Gasteiger partial charge in [0.25, 0.3) is 0 Å². The summed E-state index contributed by atoms with van der Waals surface area (Å²) in [5.74, 6) is -4.25. The highest BCUT2D eigenvalue weighted by atomic mass is 32.1. The number of likely N-dealkylation sites (tertiary alicyclic amines) is 1. The van der Waals surface area contributed by atoms with E-state index in [2.05, 4.69) is 0 Å². The third-order valence-corrected chi connectivity index (χ3v) is 6.99. The molecule has 1 saturated heterocycles. The lowest BCUT2D eigenvalue weighted by Crippen LogP contribution is -2.43. The molecular weight excluding hydrogens is 436 g/mol. The summed E-state index contributed by atoms with van der Waals surface area (Å²) >= 11 is 0.969. The number of amides is 1. The average Bonchev–Trinajstić information content (AvgIpc) is 3.20. The van der Waals surface area contributed by atoms with Crippen molar-refractivity contribution >= 4 is 33.3 Å². The minimum Gasteiger partial charge on any atom is -0.481 e. The number of unbranched alkanes of at least 4 members (excludes halogenated alkanes) is 3. The number of halogens is 2. The van der Waals surface area contributed by atoms with Crippen LogP contribution in [0.2, 0.25) is 0 Å². The molecule has 2 atom stereocenters. The highest BCUT2D eigenvalue weighted by molar-refractivity contribution is 7.19. The first-order chi connectivity index (χ1) is 15.3. The number of hydrogen-bond donors (Lipinski definition) is 2. The first-order valence-electron chi connectivity index (χ1n) is 11.0. The highest BCUT2D eigenvalue weighted by Gasteiger charge is 2.41. The van der Waals surface area contributed by atoms with Crippen molar-refractivity contribution in [1.29, 1.82) is 0 Å². The maximum atomic E-state index is 14.9. The zero-order valence-electron chi connectivity index (χ0n) is 17.9. The lowest BCUT2D eigenvalue weighted by atomic mass is 9.99. The Labute approximate surface area is 190 Å². The van der Waals surface area contributed by atoms with Gasteiger partial charge in [-0.15, -0.1) is 11.3 Å². The highest BCUT2D eigenvalue weighted by Crippen LogP contribution is 2.40. The Kier molecular flexibility index (Phi) is 8.37. The van der Waals surface area contributed by atoms with E-state index < -0.39 is 18.0 Å². The Morgan fingerprint density at radius 3 is 2.75 bits per heavy atom. The van der Waals surface area contributed by atoms with Gasteiger partial charge in [-0.1, -0.05) is 43.2 Å². The fourth-order valence-electron chi connectivity index (χ4n) is 4.00. The molecule has 2 N–H and O–H groups in total. The van der Waals surface area contributed by atoms with Crippen LogP contribution in [0.15, 0.2) is 42.5 Å². The number of benzene rings is 1. The number of nitrogens with zero attached hydrogens (tertiary/aromatic N) is 1. The molecule has 1 amide bonds. The molecule has 0 radical (unpaired) electrons. The second kappa shape index (κ2) is 11.0. The Morgan fingerprint density at radius 2 is 2.00 bits per heavy atom. The summed E-state index contributed by atoms with van der Waals surface area (Å²) in [6, 6.07) is 8.21. The third kappa shape index (κ3) is 6.13. The number of hydrogen-bond acceptors (Lipinski definition) is 4. The van der Waals surface area contributed by atoms with Crippen LogP contribution < -0.4 is 0 Å².